The molecule has 0 aromatic heterocycles. The number of hydrogen-bond acceptors (Lipinski definition) is 3. The lowest BCUT2D eigenvalue weighted by Gasteiger charge is -2.38. The van der Waals surface area contributed by atoms with Crippen molar-refractivity contribution in [3.05, 3.63) is 80.4 Å². The maximum atomic E-state index is 11.1. The molecule has 5 heteroatoms. The summed E-state index contributed by atoms with van der Waals surface area (Å²) < 4.78 is 0. The van der Waals surface area contributed by atoms with E-state index in [9.17, 15) is 10.1 Å². The lowest BCUT2D eigenvalue weighted by Crippen LogP contribution is -2.29. The normalized spacial score (nSPS) is 24.2. The Balaban J connectivity index is 1.81. The summed E-state index contributed by atoms with van der Waals surface area (Å²) >= 11 is 6.39. The second-order valence-electron chi connectivity index (χ2n) is 6.53. The summed E-state index contributed by atoms with van der Waals surface area (Å²) in [7, 11) is 0. The molecular formula is C19H17ClN2O2. The molecule has 1 aliphatic heterocycles. The summed E-state index contributed by atoms with van der Waals surface area (Å²) in [6, 6.07) is 11.0. The summed E-state index contributed by atoms with van der Waals surface area (Å²) in [6.07, 6.45) is 5.39. The first kappa shape index (κ1) is 15.2. The van der Waals surface area contributed by atoms with E-state index in [0.717, 1.165) is 17.7 Å². The van der Waals surface area contributed by atoms with Crippen LogP contribution in [0.2, 0.25) is 5.02 Å². The molecule has 0 saturated heterocycles. The minimum Gasteiger partial charge on any atom is -0.378 e. The van der Waals surface area contributed by atoms with Gasteiger partial charge in [0.15, 0.2) is 0 Å². The number of nitrogens with one attached hydrogen (secondary N) is 1. The fourth-order valence-corrected chi connectivity index (χ4v) is 4.14. The Hall–Kier alpha value is -2.33. The van der Waals surface area contributed by atoms with Gasteiger partial charge in [0.05, 0.1) is 11.0 Å². The van der Waals surface area contributed by atoms with Crippen molar-refractivity contribution in [2.24, 2.45) is 5.92 Å². The molecule has 2 aromatic carbocycles. The lowest BCUT2D eigenvalue weighted by molar-refractivity contribution is -0.384. The third kappa shape index (κ3) is 2.38. The number of anilines is 1. The predicted octanol–water partition coefficient (Wildman–Crippen LogP) is 5.38. The van der Waals surface area contributed by atoms with E-state index < -0.39 is 0 Å². The second kappa shape index (κ2) is 5.64. The summed E-state index contributed by atoms with van der Waals surface area (Å²) in [5.41, 5.74) is 4.50. The Morgan fingerprint density at radius 3 is 2.83 bits per heavy atom. The van der Waals surface area contributed by atoms with Crippen LogP contribution in [0.4, 0.5) is 11.4 Å². The molecule has 1 N–H and O–H groups in total. The zero-order chi connectivity index (χ0) is 16.8. The van der Waals surface area contributed by atoms with Gasteiger partial charge in [0.1, 0.15) is 0 Å². The standard InChI is InChI=1S/C19H17ClN2O2/c1-11-5-8-18-15(9-11)13-3-2-4-14(13)19(21-18)16-10-12(22(23)24)6-7-17(16)20/h2-3,5-10,13-14,19,21H,4H2,1H3/t13-,14-,19+/m1/s1. The highest BCUT2D eigenvalue weighted by Crippen LogP contribution is 2.51. The van der Waals surface area contributed by atoms with Gasteiger partial charge in [-0.05, 0) is 37.0 Å². The fourth-order valence-electron chi connectivity index (χ4n) is 3.90. The third-order valence-electron chi connectivity index (χ3n) is 5.04. The Labute approximate surface area is 145 Å². The molecule has 0 radical (unpaired) electrons. The van der Waals surface area contributed by atoms with Crippen molar-refractivity contribution >= 4 is 23.0 Å². The number of nitro groups is 1. The Kier molecular flexibility index (Phi) is 3.57. The molecule has 0 spiro atoms. The predicted molar refractivity (Wildman–Crippen MR) is 95.6 cm³/mol. The number of benzene rings is 2. The molecule has 122 valence electrons. The molecule has 0 amide bonds. The van der Waals surface area contributed by atoms with Gasteiger partial charge in [0.2, 0.25) is 0 Å². The summed E-state index contributed by atoms with van der Waals surface area (Å²) in [5, 5.41) is 15.3. The van der Waals surface area contributed by atoms with E-state index in [2.05, 4.69) is 42.6 Å². The molecule has 4 rings (SSSR count). The topological polar surface area (TPSA) is 55.2 Å². The highest BCUT2D eigenvalue weighted by atomic mass is 35.5. The first-order valence-corrected chi connectivity index (χ1v) is 8.40. The Morgan fingerprint density at radius 2 is 2.04 bits per heavy atom. The van der Waals surface area contributed by atoms with Gasteiger partial charge in [0, 0.05) is 34.3 Å². The van der Waals surface area contributed by atoms with Gasteiger partial charge < -0.3 is 5.32 Å². The van der Waals surface area contributed by atoms with Gasteiger partial charge in [0.25, 0.3) is 5.69 Å². The van der Waals surface area contributed by atoms with E-state index in [1.54, 1.807) is 12.1 Å². The lowest BCUT2D eigenvalue weighted by atomic mass is 9.76. The number of aryl methyl sites for hydroxylation is 1. The quantitative estimate of drug-likeness (QED) is 0.453. The van der Waals surface area contributed by atoms with E-state index in [1.807, 2.05) is 0 Å². The smallest absolute Gasteiger partial charge is 0.269 e. The molecular weight excluding hydrogens is 324 g/mol. The van der Waals surface area contributed by atoms with Crippen LogP contribution in [0.25, 0.3) is 0 Å². The molecule has 1 aliphatic carbocycles. The molecule has 0 bridgehead atoms. The van der Waals surface area contributed by atoms with Crippen molar-refractivity contribution in [2.45, 2.75) is 25.3 Å². The number of nitrogens with zero attached hydrogens (tertiary/aromatic N) is 1. The number of hydrogen-bond donors (Lipinski definition) is 1. The van der Waals surface area contributed by atoms with Crippen LogP contribution in [0.15, 0.2) is 48.6 Å². The number of rotatable bonds is 2. The van der Waals surface area contributed by atoms with Crippen LogP contribution in [0.3, 0.4) is 0 Å². The van der Waals surface area contributed by atoms with E-state index in [-0.39, 0.29) is 16.7 Å². The molecule has 4 nitrogen and oxygen atoms in total. The van der Waals surface area contributed by atoms with E-state index >= 15 is 0 Å². The largest absolute Gasteiger partial charge is 0.378 e. The van der Waals surface area contributed by atoms with Gasteiger partial charge in [-0.2, -0.15) is 0 Å². The highest BCUT2D eigenvalue weighted by molar-refractivity contribution is 6.31. The maximum Gasteiger partial charge on any atom is 0.269 e. The van der Waals surface area contributed by atoms with Crippen molar-refractivity contribution in [3.63, 3.8) is 0 Å². The number of fused-ring (bicyclic) bond motifs is 3. The summed E-state index contributed by atoms with van der Waals surface area (Å²) in [5.74, 6) is 0.639. The minimum atomic E-state index is -0.371. The number of halogens is 1. The van der Waals surface area contributed by atoms with Crippen LogP contribution < -0.4 is 5.32 Å². The average molecular weight is 341 g/mol. The van der Waals surface area contributed by atoms with Crippen molar-refractivity contribution in [1.82, 2.24) is 0 Å². The zero-order valence-corrected chi connectivity index (χ0v) is 14.0. The molecule has 2 aliphatic rings. The Bertz CT molecular complexity index is 862. The van der Waals surface area contributed by atoms with E-state index in [1.165, 1.54) is 17.2 Å². The van der Waals surface area contributed by atoms with Crippen LogP contribution in [-0.2, 0) is 0 Å². The molecule has 3 atom stereocenters. The SMILES string of the molecule is Cc1ccc2c(c1)[C@@H]1C=CC[C@H]1[C@@H](c1cc([N+](=O)[O-])ccc1Cl)N2. The van der Waals surface area contributed by atoms with E-state index in [4.69, 9.17) is 11.6 Å². The average Bonchev–Trinajstić information content (AvgIpc) is 3.04. The van der Waals surface area contributed by atoms with Crippen LogP contribution in [0.5, 0.6) is 0 Å². The fraction of sp³-hybridized carbons (Fsp3) is 0.263. The van der Waals surface area contributed by atoms with Crippen molar-refractivity contribution in [1.29, 1.82) is 0 Å². The molecule has 2 aromatic rings. The monoisotopic (exact) mass is 340 g/mol. The van der Waals surface area contributed by atoms with Crippen molar-refractivity contribution in [2.75, 3.05) is 5.32 Å². The third-order valence-corrected chi connectivity index (χ3v) is 5.39. The minimum absolute atomic E-state index is 0.0346. The van der Waals surface area contributed by atoms with Crippen molar-refractivity contribution in [3.8, 4) is 0 Å². The van der Waals surface area contributed by atoms with Gasteiger partial charge in [-0.15, -0.1) is 0 Å². The first-order valence-electron chi connectivity index (χ1n) is 8.02. The van der Waals surface area contributed by atoms with Gasteiger partial charge in [-0.25, -0.2) is 0 Å². The van der Waals surface area contributed by atoms with E-state index in [0.29, 0.717) is 16.9 Å². The van der Waals surface area contributed by atoms with Crippen LogP contribution in [0.1, 0.15) is 35.1 Å². The van der Waals surface area contributed by atoms with Crippen LogP contribution in [-0.4, -0.2) is 4.92 Å². The number of non-ortho nitro benzene ring substituents is 1. The maximum absolute atomic E-state index is 11.1. The van der Waals surface area contributed by atoms with Gasteiger partial charge >= 0.3 is 0 Å². The first-order chi connectivity index (χ1) is 11.5. The van der Waals surface area contributed by atoms with Gasteiger partial charge in [-0.1, -0.05) is 41.4 Å². The molecule has 0 unspecified atom stereocenters. The molecule has 0 saturated carbocycles. The molecule has 0 fully saturated rings. The van der Waals surface area contributed by atoms with Crippen molar-refractivity contribution < 1.29 is 4.92 Å². The van der Waals surface area contributed by atoms with Crippen LogP contribution in [0, 0.1) is 23.0 Å². The summed E-state index contributed by atoms with van der Waals surface area (Å²) in [4.78, 5) is 10.8. The number of allylic oxidation sites excluding steroid dienone is 2. The summed E-state index contributed by atoms with van der Waals surface area (Å²) in [6.45, 7) is 2.09. The van der Waals surface area contributed by atoms with Gasteiger partial charge in [-0.3, -0.25) is 10.1 Å². The second-order valence-corrected chi connectivity index (χ2v) is 6.94. The van der Waals surface area contributed by atoms with Crippen LogP contribution >= 0.6 is 11.6 Å². The zero-order valence-electron chi connectivity index (χ0n) is 13.2. The molecule has 1 heterocycles. The molecule has 24 heavy (non-hydrogen) atoms. The Morgan fingerprint density at radius 1 is 1.21 bits per heavy atom. The highest BCUT2D eigenvalue weighted by Gasteiger charge is 2.39. The number of nitro benzene ring substituents is 1.